The molecule has 1 N–H and O–H groups in total. The Labute approximate surface area is 70.6 Å². The summed E-state index contributed by atoms with van der Waals surface area (Å²) in [6.07, 6.45) is 7.06. The summed E-state index contributed by atoms with van der Waals surface area (Å²) in [5, 5.41) is 3.45. The van der Waals surface area contributed by atoms with Gasteiger partial charge in [0.05, 0.1) is 0 Å². The van der Waals surface area contributed by atoms with Gasteiger partial charge in [0.2, 0.25) is 0 Å². The minimum absolute atomic E-state index is 0.752. The third kappa shape index (κ3) is 2.48. The molecule has 0 aromatic heterocycles. The first-order chi connectivity index (χ1) is 5.38. The van der Waals surface area contributed by atoms with Gasteiger partial charge in [-0.05, 0) is 32.1 Å². The predicted molar refractivity (Wildman–Crippen MR) is 49.1 cm³/mol. The van der Waals surface area contributed by atoms with E-state index in [1.807, 2.05) is 0 Å². The van der Waals surface area contributed by atoms with Gasteiger partial charge >= 0.3 is 0 Å². The van der Waals surface area contributed by atoms with Gasteiger partial charge in [-0.3, -0.25) is 0 Å². The predicted octanol–water partition coefficient (Wildman–Crippen LogP) is 2.73. The second-order valence-electron chi connectivity index (χ2n) is 3.51. The number of rotatable bonds is 4. The number of nitrogens with one attached hydrogen (secondary N) is 1. The van der Waals surface area contributed by atoms with E-state index >= 15 is 0 Å². The van der Waals surface area contributed by atoms with E-state index in [0.29, 0.717) is 0 Å². The highest BCUT2D eigenvalue weighted by atomic mass is 14.9. The summed E-state index contributed by atoms with van der Waals surface area (Å²) < 4.78 is 0. The maximum absolute atomic E-state index is 3.45. The lowest BCUT2D eigenvalue weighted by Crippen LogP contribution is -2.31. The van der Waals surface area contributed by atoms with Crippen LogP contribution in [0, 0.1) is 12.5 Å². The van der Waals surface area contributed by atoms with E-state index in [1.54, 1.807) is 0 Å². The van der Waals surface area contributed by atoms with E-state index in [0.717, 1.165) is 12.0 Å². The molecule has 1 rings (SSSR count). The summed E-state index contributed by atoms with van der Waals surface area (Å²) in [7, 11) is 0. The highest BCUT2D eigenvalue weighted by molar-refractivity contribution is 4.80. The summed E-state index contributed by atoms with van der Waals surface area (Å²) in [6.45, 7) is 6.45. The quantitative estimate of drug-likeness (QED) is 0.656. The molecule has 1 atom stereocenters. The Morgan fingerprint density at radius 3 is 2.55 bits per heavy atom. The molecule has 1 fully saturated rings. The smallest absolute Gasteiger partial charge is 0.0193 e. The summed E-state index contributed by atoms with van der Waals surface area (Å²) in [6, 6.07) is 0.752. The number of hydrogen-bond donors (Lipinski definition) is 1. The zero-order chi connectivity index (χ0) is 8.10. The van der Waals surface area contributed by atoms with Crippen LogP contribution in [0.1, 0.15) is 46.0 Å². The average molecular weight is 154 g/mol. The van der Waals surface area contributed by atoms with E-state index in [-0.39, 0.29) is 0 Å². The maximum atomic E-state index is 3.45. The Morgan fingerprint density at radius 1 is 1.45 bits per heavy atom. The molecule has 0 amide bonds. The summed E-state index contributed by atoms with van der Waals surface area (Å²) in [5.74, 6) is 0.955. The normalized spacial score (nSPS) is 22.4. The third-order valence-electron chi connectivity index (χ3n) is 2.79. The van der Waals surface area contributed by atoms with Gasteiger partial charge in [-0.2, -0.15) is 0 Å². The molecular formula is C10H20N. The van der Waals surface area contributed by atoms with Crippen molar-refractivity contribution in [2.75, 3.05) is 0 Å². The SMILES string of the molecule is C[CH]NC(CC)C1CCCC1. The molecule has 1 aliphatic carbocycles. The molecule has 1 nitrogen and oxygen atoms in total. The molecule has 0 saturated heterocycles. The van der Waals surface area contributed by atoms with Gasteiger partial charge < -0.3 is 5.32 Å². The molecule has 65 valence electrons. The Morgan fingerprint density at radius 2 is 2.09 bits per heavy atom. The van der Waals surface area contributed by atoms with Crippen LogP contribution >= 0.6 is 0 Å². The van der Waals surface area contributed by atoms with Crippen LogP contribution in [0.25, 0.3) is 0 Å². The van der Waals surface area contributed by atoms with Gasteiger partial charge in [0.1, 0.15) is 0 Å². The van der Waals surface area contributed by atoms with Crippen LogP contribution in [-0.2, 0) is 0 Å². The molecule has 0 aromatic carbocycles. The van der Waals surface area contributed by atoms with Gasteiger partial charge in [0.25, 0.3) is 0 Å². The zero-order valence-electron chi connectivity index (χ0n) is 7.77. The van der Waals surface area contributed by atoms with Crippen LogP contribution in [0.3, 0.4) is 0 Å². The van der Waals surface area contributed by atoms with E-state index in [9.17, 15) is 0 Å². The maximum Gasteiger partial charge on any atom is 0.0193 e. The van der Waals surface area contributed by atoms with Crippen molar-refractivity contribution >= 4 is 0 Å². The van der Waals surface area contributed by atoms with Crippen LogP contribution in [0.4, 0.5) is 0 Å². The molecular weight excluding hydrogens is 134 g/mol. The molecule has 1 heteroatoms. The highest BCUT2D eigenvalue weighted by Crippen LogP contribution is 2.28. The zero-order valence-corrected chi connectivity index (χ0v) is 7.77. The second kappa shape index (κ2) is 4.76. The van der Waals surface area contributed by atoms with Crippen molar-refractivity contribution in [1.82, 2.24) is 5.32 Å². The summed E-state index contributed by atoms with van der Waals surface area (Å²) in [5.41, 5.74) is 0. The molecule has 0 spiro atoms. The fourth-order valence-corrected chi connectivity index (χ4v) is 2.16. The van der Waals surface area contributed by atoms with Crippen LogP contribution < -0.4 is 5.32 Å². The van der Waals surface area contributed by atoms with Crippen molar-refractivity contribution in [3.05, 3.63) is 6.54 Å². The molecule has 0 aromatic rings. The number of hydrogen-bond acceptors (Lipinski definition) is 1. The van der Waals surface area contributed by atoms with Crippen molar-refractivity contribution in [2.24, 2.45) is 5.92 Å². The Kier molecular flexibility index (Phi) is 3.92. The van der Waals surface area contributed by atoms with Gasteiger partial charge in [-0.1, -0.05) is 19.8 Å². The van der Waals surface area contributed by atoms with E-state index in [2.05, 4.69) is 25.7 Å². The Hall–Kier alpha value is -0.0400. The van der Waals surface area contributed by atoms with Gasteiger partial charge in [-0.15, -0.1) is 0 Å². The van der Waals surface area contributed by atoms with Crippen molar-refractivity contribution in [1.29, 1.82) is 0 Å². The van der Waals surface area contributed by atoms with Crippen LogP contribution in [-0.4, -0.2) is 6.04 Å². The highest BCUT2D eigenvalue weighted by Gasteiger charge is 2.22. The lowest BCUT2D eigenvalue weighted by atomic mass is 9.96. The molecule has 1 unspecified atom stereocenters. The minimum atomic E-state index is 0.752. The standard InChI is InChI=1S/C10H20N/c1-3-10(11-4-2)9-7-5-6-8-9/h4,9-11H,3,5-8H2,1-2H3. The topological polar surface area (TPSA) is 12.0 Å². The molecule has 0 heterocycles. The fraction of sp³-hybridized carbons (Fsp3) is 0.900. The first kappa shape index (κ1) is 9.05. The molecule has 1 saturated carbocycles. The van der Waals surface area contributed by atoms with Gasteiger partial charge in [0.15, 0.2) is 0 Å². The van der Waals surface area contributed by atoms with Crippen molar-refractivity contribution < 1.29 is 0 Å². The van der Waals surface area contributed by atoms with Crippen molar-refractivity contribution in [3.63, 3.8) is 0 Å². The average Bonchev–Trinajstić information content (AvgIpc) is 2.52. The molecule has 0 aliphatic heterocycles. The molecule has 0 bridgehead atoms. The van der Waals surface area contributed by atoms with E-state index in [4.69, 9.17) is 0 Å². The summed E-state index contributed by atoms with van der Waals surface area (Å²) in [4.78, 5) is 0. The minimum Gasteiger partial charge on any atom is -0.310 e. The second-order valence-corrected chi connectivity index (χ2v) is 3.51. The van der Waals surface area contributed by atoms with E-state index < -0.39 is 0 Å². The van der Waals surface area contributed by atoms with Gasteiger partial charge in [0, 0.05) is 12.6 Å². The Balaban J connectivity index is 2.27. The fourth-order valence-electron chi connectivity index (χ4n) is 2.16. The van der Waals surface area contributed by atoms with Crippen LogP contribution in [0.15, 0.2) is 0 Å². The molecule has 1 radical (unpaired) electrons. The first-order valence-electron chi connectivity index (χ1n) is 4.92. The lowest BCUT2D eigenvalue weighted by Gasteiger charge is -2.22. The molecule has 11 heavy (non-hydrogen) atoms. The van der Waals surface area contributed by atoms with Gasteiger partial charge in [-0.25, -0.2) is 0 Å². The first-order valence-corrected chi connectivity index (χ1v) is 4.92. The van der Waals surface area contributed by atoms with Crippen LogP contribution in [0.5, 0.6) is 0 Å². The third-order valence-corrected chi connectivity index (χ3v) is 2.79. The van der Waals surface area contributed by atoms with Crippen molar-refractivity contribution in [3.8, 4) is 0 Å². The summed E-state index contributed by atoms with van der Waals surface area (Å²) >= 11 is 0. The van der Waals surface area contributed by atoms with E-state index in [1.165, 1.54) is 32.1 Å². The Bertz CT molecular complexity index is 95.0. The largest absolute Gasteiger partial charge is 0.310 e. The van der Waals surface area contributed by atoms with Crippen LogP contribution in [0.2, 0.25) is 0 Å². The lowest BCUT2D eigenvalue weighted by molar-refractivity contribution is 0.371. The van der Waals surface area contributed by atoms with Crippen molar-refractivity contribution in [2.45, 2.75) is 52.0 Å². The molecule has 1 aliphatic rings. The monoisotopic (exact) mass is 154 g/mol.